The quantitative estimate of drug-likeness (QED) is 0.569. The molecule has 1 aromatic rings. The Labute approximate surface area is 82.6 Å². The van der Waals surface area contributed by atoms with E-state index in [0.717, 1.165) is 0 Å². The Morgan fingerprint density at radius 1 is 1.55 bits per heavy atom. The van der Waals surface area contributed by atoms with Crippen molar-refractivity contribution in [2.24, 2.45) is 0 Å². The fourth-order valence-electron chi connectivity index (χ4n) is 0.666. The van der Waals surface area contributed by atoms with E-state index in [-0.39, 0.29) is 5.02 Å². The minimum Gasteiger partial charge on any atom is -0.496 e. The van der Waals surface area contributed by atoms with Crippen LogP contribution >= 0.6 is 34.2 Å². The number of rotatable bonds is 1. The van der Waals surface area contributed by atoms with Crippen LogP contribution < -0.4 is 4.74 Å². The lowest BCUT2D eigenvalue weighted by Crippen LogP contribution is -1.89. The summed E-state index contributed by atoms with van der Waals surface area (Å²) in [6, 6.07) is 2.83. The van der Waals surface area contributed by atoms with E-state index >= 15 is 0 Å². The van der Waals surface area contributed by atoms with Crippen molar-refractivity contribution in [1.82, 2.24) is 0 Å². The maximum atomic E-state index is 12.7. The summed E-state index contributed by atoms with van der Waals surface area (Å²) in [6.45, 7) is 0. The summed E-state index contributed by atoms with van der Waals surface area (Å²) >= 11 is 7.53. The van der Waals surface area contributed by atoms with Crippen LogP contribution in [0.15, 0.2) is 12.1 Å². The maximum Gasteiger partial charge on any atom is 0.143 e. The highest BCUT2D eigenvalue weighted by molar-refractivity contribution is 14.1. The predicted octanol–water partition coefficient (Wildman–Crippen LogP) is 3.09. The molecule has 0 saturated carbocycles. The lowest BCUT2D eigenvalue weighted by molar-refractivity contribution is 0.410. The molecule has 11 heavy (non-hydrogen) atoms. The van der Waals surface area contributed by atoms with Crippen molar-refractivity contribution in [1.29, 1.82) is 0 Å². The first kappa shape index (κ1) is 9.06. The third kappa shape index (κ3) is 1.76. The number of ether oxygens (including phenoxy) is 1. The van der Waals surface area contributed by atoms with Gasteiger partial charge in [0, 0.05) is 0 Å². The first-order valence-electron chi connectivity index (χ1n) is 2.84. The van der Waals surface area contributed by atoms with Gasteiger partial charge in [-0.25, -0.2) is 4.39 Å². The largest absolute Gasteiger partial charge is 0.496 e. The van der Waals surface area contributed by atoms with Gasteiger partial charge in [-0.3, -0.25) is 0 Å². The molecular formula is C7H5ClFIO. The molecule has 1 nitrogen and oxygen atoms in total. The Bertz CT molecular complexity index is 277. The monoisotopic (exact) mass is 286 g/mol. The van der Waals surface area contributed by atoms with Gasteiger partial charge in [0.25, 0.3) is 0 Å². The van der Waals surface area contributed by atoms with E-state index in [9.17, 15) is 4.39 Å². The zero-order valence-corrected chi connectivity index (χ0v) is 8.61. The second kappa shape index (κ2) is 3.58. The molecule has 0 fully saturated rings. The van der Waals surface area contributed by atoms with Crippen LogP contribution in [0.1, 0.15) is 0 Å². The topological polar surface area (TPSA) is 9.23 Å². The van der Waals surface area contributed by atoms with Gasteiger partial charge in [0.2, 0.25) is 0 Å². The number of hydrogen-bond acceptors (Lipinski definition) is 1. The van der Waals surface area contributed by atoms with Crippen LogP contribution in [0.5, 0.6) is 5.75 Å². The number of halogens is 3. The van der Waals surface area contributed by atoms with Crippen molar-refractivity contribution in [3.8, 4) is 5.75 Å². The fraction of sp³-hybridized carbons (Fsp3) is 0.143. The predicted molar refractivity (Wildman–Crippen MR) is 50.7 cm³/mol. The third-order valence-electron chi connectivity index (χ3n) is 1.22. The molecule has 0 saturated heterocycles. The van der Waals surface area contributed by atoms with E-state index in [2.05, 4.69) is 0 Å². The second-order valence-electron chi connectivity index (χ2n) is 1.88. The van der Waals surface area contributed by atoms with Crippen LogP contribution in [-0.2, 0) is 0 Å². The zero-order chi connectivity index (χ0) is 8.43. The summed E-state index contributed by atoms with van der Waals surface area (Å²) in [5.41, 5.74) is 0. The molecule has 0 unspecified atom stereocenters. The molecule has 60 valence electrons. The lowest BCUT2D eigenvalue weighted by Gasteiger charge is -2.04. The van der Waals surface area contributed by atoms with Crippen LogP contribution in [0.2, 0.25) is 5.02 Å². The van der Waals surface area contributed by atoms with Gasteiger partial charge in [0.05, 0.1) is 15.7 Å². The highest BCUT2D eigenvalue weighted by atomic mass is 127. The first-order chi connectivity index (χ1) is 5.16. The fourth-order valence-corrected chi connectivity index (χ4v) is 1.48. The van der Waals surface area contributed by atoms with Gasteiger partial charge in [-0.1, -0.05) is 11.6 Å². The molecule has 0 spiro atoms. The van der Waals surface area contributed by atoms with Crippen LogP contribution in [0.3, 0.4) is 0 Å². The van der Waals surface area contributed by atoms with E-state index < -0.39 is 5.82 Å². The zero-order valence-electron chi connectivity index (χ0n) is 5.70. The minimum atomic E-state index is -0.420. The Morgan fingerprint density at radius 3 is 2.73 bits per heavy atom. The molecule has 1 aromatic carbocycles. The summed E-state index contributed by atoms with van der Waals surface area (Å²) in [5.74, 6) is 0.175. The summed E-state index contributed by atoms with van der Waals surface area (Å²) in [4.78, 5) is 0. The van der Waals surface area contributed by atoms with Crippen molar-refractivity contribution in [3.05, 3.63) is 26.5 Å². The van der Waals surface area contributed by atoms with Crippen LogP contribution in [0, 0.1) is 9.39 Å². The standard InChI is InChI=1S/C7H5ClFIO/c1-11-5-3-2-4(9)6(8)7(5)10/h2-3H,1H3. The van der Waals surface area contributed by atoms with Crippen LogP contribution in [0.4, 0.5) is 4.39 Å². The number of benzene rings is 1. The average molecular weight is 286 g/mol. The van der Waals surface area contributed by atoms with E-state index in [1.54, 1.807) is 6.07 Å². The normalized spacial score (nSPS) is 9.82. The summed E-state index contributed by atoms with van der Waals surface area (Å²) in [6.07, 6.45) is 0. The number of hydrogen-bond donors (Lipinski definition) is 0. The summed E-state index contributed by atoms with van der Waals surface area (Å²) < 4.78 is 18.2. The van der Waals surface area contributed by atoms with E-state index in [1.165, 1.54) is 13.2 Å². The van der Waals surface area contributed by atoms with Gasteiger partial charge in [-0.2, -0.15) is 0 Å². The van der Waals surface area contributed by atoms with E-state index in [1.807, 2.05) is 22.6 Å². The molecule has 4 heteroatoms. The maximum absolute atomic E-state index is 12.7. The molecule has 0 aromatic heterocycles. The molecule has 1 rings (SSSR count). The molecule has 0 N–H and O–H groups in total. The second-order valence-corrected chi connectivity index (χ2v) is 3.33. The van der Waals surface area contributed by atoms with Crippen molar-refractivity contribution in [3.63, 3.8) is 0 Å². The first-order valence-corrected chi connectivity index (χ1v) is 4.30. The van der Waals surface area contributed by atoms with Crippen LogP contribution in [0.25, 0.3) is 0 Å². The van der Waals surface area contributed by atoms with Gasteiger partial charge in [-0.05, 0) is 34.7 Å². The molecule has 0 aliphatic rings. The lowest BCUT2D eigenvalue weighted by atomic mass is 10.3. The van der Waals surface area contributed by atoms with Crippen molar-refractivity contribution in [2.75, 3.05) is 7.11 Å². The Kier molecular flexibility index (Phi) is 2.95. The molecule has 0 aliphatic heterocycles. The van der Waals surface area contributed by atoms with Gasteiger partial charge >= 0.3 is 0 Å². The van der Waals surface area contributed by atoms with Gasteiger partial charge in [-0.15, -0.1) is 0 Å². The smallest absolute Gasteiger partial charge is 0.143 e. The SMILES string of the molecule is COc1ccc(F)c(Cl)c1I. The molecule has 0 aliphatic carbocycles. The molecular weight excluding hydrogens is 281 g/mol. The molecule has 0 atom stereocenters. The van der Waals surface area contributed by atoms with E-state index in [0.29, 0.717) is 9.32 Å². The Balaban J connectivity index is 3.25. The summed E-state index contributed by atoms with van der Waals surface area (Å²) in [7, 11) is 1.52. The average Bonchev–Trinajstić information content (AvgIpc) is 2.01. The van der Waals surface area contributed by atoms with Gasteiger partial charge in [0.1, 0.15) is 11.6 Å². The number of methoxy groups -OCH3 is 1. The van der Waals surface area contributed by atoms with Crippen molar-refractivity contribution < 1.29 is 9.13 Å². The molecule has 0 radical (unpaired) electrons. The summed E-state index contributed by atoms with van der Waals surface area (Å²) in [5, 5.41) is 0.116. The third-order valence-corrected chi connectivity index (χ3v) is 2.98. The molecule has 0 bridgehead atoms. The van der Waals surface area contributed by atoms with Gasteiger partial charge in [0.15, 0.2) is 0 Å². The van der Waals surface area contributed by atoms with Crippen molar-refractivity contribution in [2.45, 2.75) is 0 Å². The Hall–Kier alpha value is -0.0300. The van der Waals surface area contributed by atoms with Gasteiger partial charge < -0.3 is 4.74 Å². The van der Waals surface area contributed by atoms with Crippen molar-refractivity contribution >= 4 is 34.2 Å². The highest BCUT2D eigenvalue weighted by Crippen LogP contribution is 2.29. The Morgan fingerprint density at radius 2 is 2.18 bits per heavy atom. The highest BCUT2D eigenvalue weighted by Gasteiger charge is 2.08. The minimum absolute atomic E-state index is 0.116. The van der Waals surface area contributed by atoms with Crippen LogP contribution in [-0.4, -0.2) is 7.11 Å². The van der Waals surface area contributed by atoms with E-state index in [4.69, 9.17) is 16.3 Å². The molecule has 0 heterocycles. The molecule has 0 amide bonds.